The third kappa shape index (κ3) is 8.72. The monoisotopic (exact) mass is 248 g/mol. The molecule has 0 rings (SSSR count). The van der Waals surface area contributed by atoms with Crippen molar-refractivity contribution in [1.29, 1.82) is 0 Å². The molecule has 7 heteroatoms. The number of rotatable bonds is 7. The highest BCUT2D eigenvalue weighted by molar-refractivity contribution is 7.42. The first-order valence-corrected chi connectivity index (χ1v) is 5.73. The minimum atomic E-state index is -1.63. The van der Waals surface area contributed by atoms with Crippen LogP contribution in [0.5, 0.6) is 0 Å². The van der Waals surface area contributed by atoms with Crippen LogP contribution < -0.4 is 0 Å². The van der Waals surface area contributed by atoms with E-state index in [0.29, 0.717) is 11.8 Å². The van der Waals surface area contributed by atoms with Crippen LogP contribution in [0.4, 0.5) is 0 Å². The van der Waals surface area contributed by atoms with Crippen LogP contribution in [0, 0.1) is 0 Å². The van der Waals surface area contributed by atoms with Gasteiger partial charge in [-0.15, -0.1) is 23.2 Å². The van der Waals surface area contributed by atoms with Crippen LogP contribution in [0.2, 0.25) is 0 Å². The minimum Gasteiger partial charge on any atom is -0.394 e. The van der Waals surface area contributed by atoms with Crippen LogP contribution in [0.1, 0.15) is 6.92 Å². The largest absolute Gasteiger partial charge is 0.399 e. The molecule has 0 aliphatic rings. The summed E-state index contributed by atoms with van der Waals surface area (Å²) in [6.45, 7) is 1.84. The molecular weight excluding hydrogens is 238 g/mol. The summed E-state index contributed by atoms with van der Waals surface area (Å²) in [4.78, 5) is 10.5. The van der Waals surface area contributed by atoms with Gasteiger partial charge in [0.2, 0.25) is 0 Å². The number of halogens is 2. The standard InChI is InChI=1S/C6H11Cl2O4P/c1-6(9)12-13(10-4-2-7)11-5-3-8/h2-5H2,1H3. The van der Waals surface area contributed by atoms with E-state index in [0.717, 1.165) is 0 Å². The maximum Gasteiger partial charge on any atom is 0.399 e. The molecule has 0 N–H and O–H groups in total. The van der Waals surface area contributed by atoms with Gasteiger partial charge in [0, 0.05) is 18.7 Å². The van der Waals surface area contributed by atoms with Crippen molar-refractivity contribution in [2.24, 2.45) is 0 Å². The highest BCUT2D eigenvalue weighted by Gasteiger charge is 2.15. The number of alkyl halides is 2. The van der Waals surface area contributed by atoms with Crippen molar-refractivity contribution in [3.05, 3.63) is 0 Å². The Morgan fingerprint density at radius 2 is 1.69 bits per heavy atom. The van der Waals surface area contributed by atoms with E-state index < -0.39 is 14.6 Å². The molecule has 4 nitrogen and oxygen atoms in total. The van der Waals surface area contributed by atoms with Crippen LogP contribution in [-0.2, 0) is 18.4 Å². The lowest BCUT2D eigenvalue weighted by molar-refractivity contribution is -0.132. The summed E-state index contributed by atoms with van der Waals surface area (Å²) >= 11 is 10.8. The first kappa shape index (κ1) is 13.4. The molecule has 0 atom stereocenters. The Balaban J connectivity index is 3.66. The van der Waals surface area contributed by atoms with Gasteiger partial charge in [-0.05, 0) is 0 Å². The third-order valence-corrected chi connectivity index (χ3v) is 2.25. The summed E-state index contributed by atoms with van der Waals surface area (Å²) in [5.41, 5.74) is 0. The molecular formula is C6H11Cl2O4P. The Bertz CT molecular complexity index is 139. The predicted octanol–water partition coefficient (Wildman–Crippen LogP) is 2.29. The highest BCUT2D eigenvalue weighted by atomic mass is 35.5. The van der Waals surface area contributed by atoms with Crippen molar-refractivity contribution in [2.75, 3.05) is 25.0 Å². The molecule has 0 aliphatic carbocycles. The molecule has 13 heavy (non-hydrogen) atoms. The van der Waals surface area contributed by atoms with Gasteiger partial charge in [0.1, 0.15) is 0 Å². The molecule has 0 heterocycles. The van der Waals surface area contributed by atoms with E-state index in [-0.39, 0.29) is 13.2 Å². The first-order chi connectivity index (χ1) is 6.20. The molecule has 78 valence electrons. The predicted molar refractivity (Wildman–Crippen MR) is 52.0 cm³/mol. The summed E-state index contributed by atoms with van der Waals surface area (Å²) in [5, 5.41) is 0. The van der Waals surface area contributed by atoms with Gasteiger partial charge < -0.3 is 13.6 Å². The van der Waals surface area contributed by atoms with Crippen molar-refractivity contribution >= 4 is 37.8 Å². The summed E-state index contributed by atoms with van der Waals surface area (Å²) in [7, 11) is -1.63. The summed E-state index contributed by atoms with van der Waals surface area (Å²) in [6.07, 6.45) is 0. The van der Waals surface area contributed by atoms with E-state index in [4.69, 9.17) is 36.8 Å². The highest BCUT2D eigenvalue weighted by Crippen LogP contribution is 2.39. The summed E-state index contributed by atoms with van der Waals surface area (Å²) in [5.74, 6) is 0.199. The van der Waals surface area contributed by atoms with Crippen LogP contribution in [0.15, 0.2) is 0 Å². The lowest BCUT2D eigenvalue weighted by Crippen LogP contribution is -2.02. The second kappa shape index (κ2) is 8.97. The Hall–Kier alpha value is 0.400. The van der Waals surface area contributed by atoms with Gasteiger partial charge in [-0.3, -0.25) is 4.79 Å². The third-order valence-electron chi connectivity index (χ3n) is 0.751. The van der Waals surface area contributed by atoms with Gasteiger partial charge in [-0.25, -0.2) is 0 Å². The molecule has 0 aromatic rings. The van der Waals surface area contributed by atoms with E-state index >= 15 is 0 Å². The van der Waals surface area contributed by atoms with Crippen LogP contribution in [0.25, 0.3) is 0 Å². The Kier molecular flexibility index (Phi) is 9.25. The SMILES string of the molecule is CC(=O)OP(OCCCl)OCCCl. The topological polar surface area (TPSA) is 44.8 Å². The maximum atomic E-state index is 10.5. The fraction of sp³-hybridized carbons (Fsp3) is 0.833. The van der Waals surface area contributed by atoms with E-state index in [1.807, 2.05) is 0 Å². The molecule has 0 unspecified atom stereocenters. The lowest BCUT2D eigenvalue weighted by atomic mass is 10.9. The van der Waals surface area contributed by atoms with E-state index in [1.165, 1.54) is 6.92 Å². The second-order valence-electron chi connectivity index (χ2n) is 1.85. The van der Waals surface area contributed by atoms with Crippen molar-refractivity contribution in [1.82, 2.24) is 0 Å². The fourth-order valence-corrected chi connectivity index (χ4v) is 1.65. The van der Waals surface area contributed by atoms with Crippen LogP contribution in [-0.4, -0.2) is 30.9 Å². The van der Waals surface area contributed by atoms with Gasteiger partial charge in [-0.2, -0.15) is 0 Å². The Labute approximate surface area is 88.4 Å². The molecule has 0 aromatic carbocycles. The summed E-state index contributed by atoms with van der Waals surface area (Å²) < 4.78 is 14.7. The van der Waals surface area contributed by atoms with Crippen molar-refractivity contribution in [2.45, 2.75) is 6.92 Å². The molecule has 0 aliphatic heterocycles. The van der Waals surface area contributed by atoms with Crippen LogP contribution in [0.3, 0.4) is 0 Å². The van der Waals surface area contributed by atoms with Crippen LogP contribution >= 0.6 is 31.8 Å². The zero-order valence-electron chi connectivity index (χ0n) is 7.16. The molecule has 0 aromatic heterocycles. The first-order valence-electron chi connectivity index (χ1n) is 3.57. The number of hydrogen-bond acceptors (Lipinski definition) is 4. The summed E-state index contributed by atoms with van der Waals surface area (Å²) in [6, 6.07) is 0. The van der Waals surface area contributed by atoms with Crippen molar-refractivity contribution in [3.8, 4) is 0 Å². The molecule has 0 amide bonds. The fourth-order valence-electron chi connectivity index (χ4n) is 0.413. The van der Waals surface area contributed by atoms with E-state index in [1.54, 1.807) is 0 Å². The zero-order chi connectivity index (χ0) is 10.1. The molecule has 0 saturated carbocycles. The van der Waals surface area contributed by atoms with Gasteiger partial charge in [0.25, 0.3) is 0 Å². The molecule has 0 spiro atoms. The molecule has 0 bridgehead atoms. The zero-order valence-corrected chi connectivity index (χ0v) is 9.57. The van der Waals surface area contributed by atoms with Crippen molar-refractivity contribution in [3.63, 3.8) is 0 Å². The Morgan fingerprint density at radius 1 is 1.23 bits per heavy atom. The van der Waals surface area contributed by atoms with E-state index in [2.05, 4.69) is 0 Å². The van der Waals surface area contributed by atoms with Gasteiger partial charge >= 0.3 is 14.6 Å². The number of hydrogen-bond donors (Lipinski definition) is 0. The smallest absolute Gasteiger partial charge is 0.394 e. The minimum absolute atomic E-state index is 0.281. The number of carbonyl (C=O) groups excluding carboxylic acids is 1. The quantitative estimate of drug-likeness (QED) is 0.513. The van der Waals surface area contributed by atoms with Gasteiger partial charge in [-0.1, -0.05) is 0 Å². The molecule has 0 saturated heterocycles. The van der Waals surface area contributed by atoms with Crippen molar-refractivity contribution < 1.29 is 18.4 Å². The van der Waals surface area contributed by atoms with E-state index in [9.17, 15) is 4.79 Å². The lowest BCUT2D eigenvalue weighted by Gasteiger charge is -2.13. The number of carbonyl (C=O) groups is 1. The maximum absolute atomic E-state index is 10.5. The average Bonchev–Trinajstić information content (AvgIpc) is 2.09. The Morgan fingerprint density at radius 3 is 2.00 bits per heavy atom. The van der Waals surface area contributed by atoms with Gasteiger partial charge in [0.15, 0.2) is 0 Å². The average molecular weight is 249 g/mol. The molecule has 0 fully saturated rings. The van der Waals surface area contributed by atoms with Gasteiger partial charge in [0.05, 0.1) is 13.2 Å². The normalized spacial score (nSPS) is 10.5. The second-order valence-corrected chi connectivity index (χ2v) is 3.75. The molecule has 0 radical (unpaired) electrons.